The maximum absolute atomic E-state index is 13.9. The van der Waals surface area contributed by atoms with E-state index in [9.17, 15) is 4.39 Å². The van der Waals surface area contributed by atoms with Gasteiger partial charge in [-0.25, -0.2) is 9.07 Å². The number of hydrogen-bond donors (Lipinski definition) is 1. The molecular formula is C14H19FN4. The average molecular weight is 262 g/mol. The van der Waals surface area contributed by atoms with Crippen LogP contribution in [0.3, 0.4) is 0 Å². The molecular weight excluding hydrogens is 243 g/mol. The van der Waals surface area contributed by atoms with E-state index in [-0.39, 0.29) is 11.9 Å². The van der Waals surface area contributed by atoms with Gasteiger partial charge in [0.2, 0.25) is 0 Å². The quantitative estimate of drug-likeness (QED) is 0.923. The summed E-state index contributed by atoms with van der Waals surface area (Å²) in [7, 11) is 1.80. The first-order valence-electron chi connectivity index (χ1n) is 6.26. The monoisotopic (exact) mass is 262 g/mol. The largest absolute Gasteiger partial charge is 0.394 e. The molecule has 2 aromatic rings. The Morgan fingerprint density at radius 3 is 2.53 bits per heavy atom. The number of benzene rings is 1. The third-order valence-corrected chi connectivity index (χ3v) is 3.13. The van der Waals surface area contributed by atoms with Crippen LogP contribution in [-0.2, 0) is 0 Å². The number of hydrogen-bond acceptors (Lipinski definition) is 3. The van der Waals surface area contributed by atoms with E-state index < -0.39 is 0 Å². The molecule has 4 nitrogen and oxygen atoms in total. The molecule has 0 saturated carbocycles. The first-order chi connectivity index (χ1) is 8.93. The molecule has 1 aromatic carbocycles. The summed E-state index contributed by atoms with van der Waals surface area (Å²) in [6.07, 6.45) is 0. The molecule has 0 spiro atoms. The van der Waals surface area contributed by atoms with Crippen molar-refractivity contribution >= 4 is 17.2 Å². The summed E-state index contributed by atoms with van der Waals surface area (Å²) in [6, 6.07) is 6.78. The highest BCUT2D eigenvalue weighted by Gasteiger charge is 2.20. The maximum atomic E-state index is 13.9. The van der Waals surface area contributed by atoms with Crippen molar-refractivity contribution in [1.82, 2.24) is 9.78 Å². The number of nitrogens with zero attached hydrogens (tertiary/aromatic N) is 3. The van der Waals surface area contributed by atoms with Crippen molar-refractivity contribution < 1.29 is 4.39 Å². The lowest BCUT2D eigenvalue weighted by atomic mass is 10.2. The Morgan fingerprint density at radius 1 is 1.32 bits per heavy atom. The minimum absolute atomic E-state index is 0.153. The maximum Gasteiger partial charge on any atom is 0.155 e. The number of para-hydroxylation sites is 1. The highest BCUT2D eigenvalue weighted by molar-refractivity contribution is 5.73. The third kappa shape index (κ3) is 2.28. The van der Waals surface area contributed by atoms with Crippen molar-refractivity contribution in [3.63, 3.8) is 0 Å². The van der Waals surface area contributed by atoms with E-state index in [1.165, 1.54) is 6.07 Å². The summed E-state index contributed by atoms with van der Waals surface area (Å²) < 4.78 is 15.7. The summed E-state index contributed by atoms with van der Waals surface area (Å²) in [4.78, 5) is 1.74. The Kier molecular flexibility index (Phi) is 3.46. The second kappa shape index (κ2) is 4.91. The van der Waals surface area contributed by atoms with Gasteiger partial charge in [-0.15, -0.1) is 0 Å². The van der Waals surface area contributed by atoms with E-state index in [0.717, 1.165) is 11.5 Å². The topological polar surface area (TPSA) is 47.1 Å². The minimum atomic E-state index is -0.279. The van der Waals surface area contributed by atoms with Gasteiger partial charge in [-0.2, -0.15) is 5.10 Å². The number of anilines is 3. The van der Waals surface area contributed by atoms with Crippen LogP contribution in [0.4, 0.5) is 21.6 Å². The Bertz CT molecular complexity index is 589. The number of aromatic nitrogens is 2. The van der Waals surface area contributed by atoms with Gasteiger partial charge in [0.05, 0.1) is 17.1 Å². The Balaban J connectivity index is 2.56. The fraction of sp³-hybridized carbons (Fsp3) is 0.357. The van der Waals surface area contributed by atoms with Crippen molar-refractivity contribution in [3.05, 3.63) is 35.8 Å². The minimum Gasteiger partial charge on any atom is -0.394 e. The number of nitrogens with two attached hydrogens (primary N) is 1. The molecule has 0 aliphatic carbocycles. The third-order valence-electron chi connectivity index (χ3n) is 3.13. The van der Waals surface area contributed by atoms with E-state index in [1.54, 1.807) is 30.1 Å². The van der Waals surface area contributed by atoms with Gasteiger partial charge in [-0.05, 0) is 32.9 Å². The number of aryl methyl sites for hydroxylation is 1. The zero-order chi connectivity index (χ0) is 14.2. The van der Waals surface area contributed by atoms with Gasteiger partial charge in [0.1, 0.15) is 5.82 Å². The molecule has 1 heterocycles. The van der Waals surface area contributed by atoms with Crippen LogP contribution in [0.1, 0.15) is 25.6 Å². The van der Waals surface area contributed by atoms with E-state index in [0.29, 0.717) is 11.4 Å². The average Bonchev–Trinajstić information content (AvgIpc) is 2.66. The second-order valence-corrected chi connectivity index (χ2v) is 4.87. The zero-order valence-electron chi connectivity index (χ0n) is 11.7. The molecule has 0 saturated heterocycles. The van der Waals surface area contributed by atoms with E-state index in [1.807, 2.05) is 25.5 Å². The number of rotatable bonds is 3. The van der Waals surface area contributed by atoms with Crippen molar-refractivity contribution in [2.75, 3.05) is 17.7 Å². The predicted molar refractivity (Wildman–Crippen MR) is 76.2 cm³/mol. The smallest absolute Gasteiger partial charge is 0.155 e. The molecule has 2 rings (SSSR count). The van der Waals surface area contributed by atoms with Crippen LogP contribution in [-0.4, -0.2) is 16.8 Å². The van der Waals surface area contributed by atoms with Crippen LogP contribution < -0.4 is 10.6 Å². The summed E-state index contributed by atoms with van der Waals surface area (Å²) in [6.45, 7) is 5.89. The molecule has 0 aliphatic heterocycles. The summed E-state index contributed by atoms with van der Waals surface area (Å²) in [5.74, 6) is 0.441. The standard InChI is InChI=1S/C14H19FN4/c1-9(2)19-14(13(16)10(3)17-19)18(4)12-8-6-5-7-11(12)15/h5-9H,16H2,1-4H3. The van der Waals surface area contributed by atoms with E-state index >= 15 is 0 Å². The molecule has 0 unspecified atom stereocenters. The predicted octanol–water partition coefficient (Wildman–Crippen LogP) is 3.26. The van der Waals surface area contributed by atoms with Gasteiger partial charge < -0.3 is 10.6 Å². The van der Waals surface area contributed by atoms with Crippen LogP contribution in [0.2, 0.25) is 0 Å². The van der Waals surface area contributed by atoms with Gasteiger partial charge in [-0.3, -0.25) is 0 Å². The molecule has 5 heteroatoms. The molecule has 0 bridgehead atoms. The SMILES string of the molecule is Cc1nn(C(C)C)c(N(C)c2ccccc2F)c1N. The lowest BCUT2D eigenvalue weighted by Crippen LogP contribution is -2.18. The van der Waals surface area contributed by atoms with Gasteiger partial charge in [0.15, 0.2) is 5.82 Å². The Hall–Kier alpha value is -2.04. The van der Waals surface area contributed by atoms with E-state index in [2.05, 4.69) is 5.10 Å². The first-order valence-corrected chi connectivity index (χ1v) is 6.26. The van der Waals surface area contributed by atoms with Crippen molar-refractivity contribution in [2.24, 2.45) is 0 Å². The summed E-state index contributed by atoms with van der Waals surface area (Å²) in [5.41, 5.74) is 7.90. The second-order valence-electron chi connectivity index (χ2n) is 4.87. The Morgan fingerprint density at radius 2 is 1.95 bits per heavy atom. The Labute approximate surface area is 112 Å². The molecule has 0 atom stereocenters. The van der Waals surface area contributed by atoms with E-state index in [4.69, 9.17) is 5.73 Å². The fourth-order valence-corrected chi connectivity index (χ4v) is 2.08. The summed E-state index contributed by atoms with van der Waals surface area (Å²) in [5, 5.41) is 4.41. The lowest BCUT2D eigenvalue weighted by molar-refractivity contribution is 0.529. The van der Waals surface area contributed by atoms with Gasteiger partial charge in [-0.1, -0.05) is 12.1 Å². The normalized spacial score (nSPS) is 11.1. The molecule has 1 aromatic heterocycles. The molecule has 19 heavy (non-hydrogen) atoms. The molecule has 102 valence electrons. The van der Waals surface area contributed by atoms with Gasteiger partial charge >= 0.3 is 0 Å². The van der Waals surface area contributed by atoms with Crippen LogP contribution in [0, 0.1) is 12.7 Å². The fourth-order valence-electron chi connectivity index (χ4n) is 2.08. The van der Waals surface area contributed by atoms with Gasteiger partial charge in [0, 0.05) is 13.1 Å². The van der Waals surface area contributed by atoms with Crippen molar-refractivity contribution in [2.45, 2.75) is 26.8 Å². The van der Waals surface area contributed by atoms with Crippen LogP contribution >= 0.6 is 0 Å². The van der Waals surface area contributed by atoms with Crippen molar-refractivity contribution in [3.8, 4) is 0 Å². The first kappa shape index (κ1) is 13.4. The van der Waals surface area contributed by atoms with Crippen LogP contribution in [0.15, 0.2) is 24.3 Å². The molecule has 2 N–H and O–H groups in total. The molecule has 0 amide bonds. The zero-order valence-corrected chi connectivity index (χ0v) is 11.7. The number of halogens is 1. The molecule has 0 fully saturated rings. The highest BCUT2D eigenvalue weighted by atomic mass is 19.1. The van der Waals surface area contributed by atoms with Crippen LogP contribution in [0.5, 0.6) is 0 Å². The number of nitrogen functional groups attached to an aromatic ring is 1. The lowest BCUT2D eigenvalue weighted by Gasteiger charge is -2.23. The summed E-state index contributed by atoms with van der Waals surface area (Å²) >= 11 is 0. The van der Waals surface area contributed by atoms with Crippen molar-refractivity contribution in [1.29, 1.82) is 0 Å². The highest BCUT2D eigenvalue weighted by Crippen LogP contribution is 2.34. The molecule has 0 radical (unpaired) electrons. The van der Waals surface area contributed by atoms with Crippen LogP contribution in [0.25, 0.3) is 0 Å². The molecule has 0 aliphatic rings. The van der Waals surface area contributed by atoms with Gasteiger partial charge in [0.25, 0.3) is 0 Å².